The van der Waals surface area contributed by atoms with Crippen molar-refractivity contribution in [3.63, 3.8) is 0 Å². The molecule has 0 unspecified atom stereocenters. The van der Waals surface area contributed by atoms with E-state index < -0.39 is 0 Å². The van der Waals surface area contributed by atoms with Gasteiger partial charge in [-0.2, -0.15) is 0 Å². The summed E-state index contributed by atoms with van der Waals surface area (Å²) in [6.45, 7) is 2.29. The van der Waals surface area contributed by atoms with Gasteiger partial charge in [0.25, 0.3) is 0 Å². The summed E-state index contributed by atoms with van der Waals surface area (Å²) in [6, 6.07) is 0. The highest BCUT2D eigenvalue weighted by Crippen LogP contribution is 2.05. The first kappa shape index (κ1) is 6.71. The predicted molar refractivity (Wildman–Crippen MR) is 33.1 cm³/mol. The van der Waals surface area contributed by atoms with Gasteiger partial charge in [0.15, 0.2) is 0 Å². The number of likely N-dealkylation sites (tertiary alicyclic amines) is 1. The molecule has 1 aliphatic rings. The second-order valence-electron chi connectivity index (χ2n) is 2.37. The van der Waals surface area contributed by atoms with Crippen molar-refractivity contribution in [3.8, 4) is 0 Å². The van der Waals surface area contributed by atoms with Gasteiger partial charge in [0, 0.05) is 26.1 Å². The van der Waals surface area contributed by atoms with Crippen LogP contribution in [0.5, 0.6) is 0 Å². The van der Waals surface area contributed by atoms with Crippen LogP contribution in [0, 0.1) is 0 Å². The molecule has 0 radical (unpaired) electrons. The zero-order chi connectivity index (χ0) is 6.69. The summed E-state index contributed by atoms with van der Waals surface area (Å²) in [5.74, 6) is 0. The van der Waals surface area contributed by atoms with Gasteiger partial charge < -0.3 is 9.90 Å². The van der Waals surface area contributed by atoms with Crippen LogP contribution in [0.3, 0.4) is 0 Å². The number of hydrogen-bond donors (Lipinski definition) is 1. The second kappa shape index (κ2) is 2.94. The van der Waals surface area contributed by atoms with E-state index in [9.17, 15) is 4.79 Å². The van der Waals surface area contributed by atoms with Crippen LogP contribution in [0.15, 0.2) is 0 Å². The van der Waals surface area contributed by atoms with Crippen LogP contribution in [0.1, 0.15) is 6.42 Å². The average molecular weight is 129 g/mol. The maximum absolute atomic E-state index is 9.84. The van der Waals surface area contributed by atoms with Crippen molar-refractivity contribution in [3.05, 3.63) is 0 Å². The van der Waals surface area contributed by atoms with E-state index >= 15 is 0 Å². The Kier molecular flexibility index (Phi) is 2.19. The highest BCUT2D eigenvalue weighted by molar-refractivity contribution is 5.49. The minimum absolute atomic E-state index is 0.142. The summed E-state index contributed by atoms with van der Waals surface area (Å²) in [5, 5.41) is 8.79. The fourth-order valence-electron chi connectivity index (χ4n) is 0.960. The van der Waals surface area contributed by atoms with E-state index in [0.717, 1.165) is 25.9 Å². The number of carbonyl (C=O) groups excluding carboxylic acids is 1. The molecule has 1 N–H and O–H groups in total. The fraction of sp³-hybridized carbons (Fsp3) is 0.833. The largest absolute Gasteiger partial charge is 0.390 e. The topological polar surface area (TPSA) is 40.5 Å². The molecule has 1 heterocycles. The van der Waals surface area contributed by atoms with Crippen LogP contribution in [0.2, 0.25) is 0 Å². The van der Waals surface area contributed by atoms with Crippen molar-refractivity contribution in [2.75, 3.05) is 19.6 Å². The van der Waals surface area contributed by atoms with Crippen LogP contribution in [-0.2, 0) is 4.79 Å². The number of aliphatic hydroxyl groups is 1. The van der Waals surface area contributed by atoms with Gasteiger partial charge in [0.1, 0.15) is 6.29 Å². The molecule has 0 aromatic carbocycles. The van der Waals surface area contributed by atoms with Crippen molar-refractivity contribution in [2.24, 2.45) is 0 Å². The first-order chi connectivity index (χ1) is 4.33. The lowest BCUT2D eigenvalue weighted by Crippen LogP contribution is -2.50. The lowest BCUT2D eigenvalue weighted by Gasteiger charge is -2.35. The summed E-state index contributed by atoms with van der Waals surface area (Å²) in [7, 11) is 0. The van der Waals surface area contributed by atoms with Crippen LogP contribution >= 0.6 is 0 Å². The summed E-state index contributed by atoms with van der Waals surface area (Å²) in [4.78, 5) is 11.9. The van der Waals surface area contributed by atoms with E-state index in [-0.39, 0.29) is 6.10 Å². The van der Waals surface area contributed by atoms with E-state index in [1.807, 2.05) is 0 Å². The average Bonchev–Trinajstić information content (AvgIpc) is 1.78. The smallest absolute Gasteiger partial charge is 0.121 e. The Morgan fingerprint density at radius 3 is 2.78 bits per heavy atom. The standard InChI is InChI=1S/C6H11NO2/c8-3-1-2-7-4-6(9)5-7/h3,6,9H,1-2,4-5H2. The molecule has 1 aliphatic heterocycles. The van der Waals surface area contributed by atoms with Crippen LogP contribution < -0.4 is 0 Å². The highest BCUT2D eigenvalue weighted by Gasteiger charge is 2.22. The minimum atomic E-state index is -0.142. The summed E-state index contributed by atoms with van der Waals surface area (Å²) < 4.78 is 0. The molecule has 3 heteroatoms. The van der Waals surface area contributed by atoms with Crippen LogP contribution in [-0.4, -0.2) is 42.0 Å². The van der Waals surface area contributed by atoms with Crippen LogP contribution in [0.4, 0.5) is 0 Å². The molecule has 1 saturated heterocycles. The van der Waals surface area contributed by atoms with Crippen molar-refractivity contribution < 1.29 is 9.90 Å². The number of aldehydes is 1. The first-order valence-corrected chi connectivity index (χ1v) is 3.17. The molecular formula is C6H11NO2. The lowest BCUT2D eigenvalue weighted by atomic mass is 10.2. The quantitative estimate of drug-likeness (QED) is 0.510. The summed E-state index contributed by atoms with van der Waals surface area (Å²) in [5.41, 5.74) is 0. The molecular weight excluding hydrogens is 118 g/mol. The third kappa shape index (κ3) is 1.77. The molecule has 1 rings (SSSR count). The SMILES string of the molecule is O=CCCN1CC(O)C1. The van der Waals surface area contributed by atoms with Gasteiger partial charge in [-0.3, -0.25) is 4.90 Å². The van der Waals surface area contributed by atoms with E-state index in [1.165, 1.54) is 0 Å². The first-order valence-electron chi connectivity index (χ1n) is 3.17. The molecule has 0 spiro atoms. The Hall–Kier alpha value is -0.410. The normalized spacial score (nSPS) is 21.4. The Labute approximate surface area is 54.3 Å². The van der Waals surface area contributed by atoms with Gasteiger partial charge in [-0.25, -0.2) is 0 Å². The van der Waals surface area contributed by atoms with Gasteiger partial charge in [-0.05, 0) is 0 Å². The zero-order valence-corrected chi connectivity index (χ0v) is 5.29. The number of carbonyl (C=O) groups is 1. The van der Waals surface area contributed by atoms with Gasteiger partial charge in [-0.1, -0.05) is 0 Å². The number of β-amino-alcohol motifs (C(OH)–C–C–N with tert-alkyl or cyclic N) is 1. The van der Waals surface area contributed by atoms with Crippen molar-refractivity contribution in [1.29, 1.82) is 0 Å². The third-order valence-corrected chi connectivity index (χ3v) is 1.50. The molecule has 3 nitrogen and oxygen atoms in total. The Morgan fingerprint density at radius 2 is 2.33 bits per heavy atom. The van der Waals surface area contributed by atoms with E-state index in [2.05, 4.69) is 4.90 Å². The van der Waals surface area contributed by atoms with Crippen molar-refractivity contribution in [1.82, 2.24) is 4.90 Å². The molecule has 52 valence electrons. The Bertz CT molecular complexity index is 99.2. The molecule has 9 heavy (non-hydrogen) atoms. The number of rotatable bonds is 3. The molecule has 0 aliphatic carbocycles. The summed E-state index contributed by atoms with van der Waals surface area (Å²) >= 11 is 0. The van der Waals surface area contributed by atoms with Gasteiger partial charge in [-0.15, -0.1) is 0 Å². The molecule has 0 atom stereocenters. The second-order valence-corrected chi connectivity index (χ2v) is 2.37. The van der Waals surface area contributed by atoms with E-state index in [1.54, 1.807) is 0 Å². The van der Waals surface area contributed by atoms with E-state index in [4.69, 9.17) is 5.11 Å². The molecule has 1 fully saturated rings. The molecule has 0 saturated carbocycles. The van der Waals surface area contributed by atoms with Crippen molar-refractivity contribution in [2.45, 2.75) is 12.5 Å². The maximum atomic E-state index is 9.84. The third-order valence-electron chi connectivity index (χ3n) is 1.50. The maximum Gasteiger partial charge on any atom is 0.121 e. The van der Waals surface area contributed by atoms with Gasteiger partial charge in [0.2, 0.25) is 0 Å². The molecule has 0 aromatic rings. The number of hydrogen-bond acceptors (Lipinski definition) is 3. The van der Waals surface area contributed by atoms with Crippen LogP contribution in [0.25, 0.3) is 0 Å². The molecule has 0 aromatic heterocycles. The minimum Gasteiger partial charge on any atom is -0.390 e. The molecule has 0 bridgehead atoms. The van der Waals surface area contributed by atoms with Gasteiger partial charge >= 0.3 is 0 Å². The number of aliphatic hydroxyl groups excluding tert-OH is 1. The fourth-order valence-corrected chi connectivity index (χ4v) is 0.960. The zero-order valence-electron chi connectivity index (χ0n) is 5.29. The van der Waals surface area contributed by atoms with Gasteiger partial charge in [0.05, 0.1) is 6.10 Å². The predicted octanol–water partition coefficient (Wildman–Crippen LogP) is -0.748. The lowest BCUT2D eigenvalue weighted by molar-refractivity contribution is -0.108. The monoisotopic (exact) mass is 129 g/mol. The Balaban J connectivity index is 1.97. The number of nitrogens with zero attached hydrogens (tertiary/aromatic N) is 1. The molecule has 0 amide bonds. The van der Waals surface area contributed by atoms with Crippen molar-refractivity contribution >= 4 is 6.29 Å². The van der Waals surface area contributed by atoms with E-state index in [0.29, 0.717) is 6.42 Å². The summed E-state index contributed by atoms with van der Waals surface area (Å²) in [6.07, 6.45) is 1.36. The Morgan fingerprint density at radius 1 is 1.67 bits per heavy atom. The highest BCUT2D eigenvalue weighted by atomic mass is 16.3.